The van der Waals surface area contributed by atoms with E-state index in [-0.39, 0.29) is 18.5 Å². The number of ether oxygens (including phenoxy) is 1. The molecule has 75 heavy (non-hydrogen) atoms. The zero-order chi connectivity index (χ0) is 54.3. The predicted molar refractivity (Wildman–Crippen MR) is 329 cm³/mol. The van der Waals surface area contributed by atoms with Crippen molar-refractivity contribution in [2.45, 2.75) is 366 Å². The lowest BCUT2D eigenvalue weighted by Gasteiger charge is -2.20. The van der Waals surface area contributed by atoms with Gasteiger partial charge in [0.2, 0.25) is 5.91 Å². The van der Waals surface area contributed by atoms with Gasteiger partial charge in [-0.15, -0.1) is 0 Å². The molecular formula is C69H129NO5. The third-order valence-corrected chi connectivity index (χ3v) is 15.3. The number of unbranched alkanes of at least 4 members (excludes halogenated alkanes) is 45. The molecule has 0 aliphatic rings. The predicted octanol–water partition coefficient (Wildman–Crippen LogP) is 21.3. The van der Waals surface area contributed by atoms with Gasteiger partial charge in [-0.2, -0.15) is 0 Å². The van der Waals surface area contributed by atoms with Gasteiger partial charge < -0.3 is 20.3 Å². The van der Waals surface area contributed by atoms with Crippen LogP contribution >= 0.6 is 0 Å². The van der Waals surface area contributed by atoms with Gasteiger partial charge in [0.05, 0.1) is 25.4 Å². The number of aliphatic hydroxyl groups is 2. The smallest absolute Gasteiger partial charge is 0.305 e. The van der Waals surface area contributed by atoms with Gasteiger partial charge in [0, 0.05) is 12.8 Å². The summed E-state index contributed by atoms with van der Waals surface area (Å²) in [4.78, 5) is 24.5. The van der Waals surface area contributed by atoms with Crippen LogP contribution < -0.4 is 5.32 Å². The van der Waals surface area contributed by atoms with Gasteiger partial charge >= 0.3 is 5.97 Å². The third-order valence-electron chi connectivity index (χ3n) is 15.3. The fourth-order valence-corrected chi connectivity index (χ4v) is 10.2. The summed E-state index contributed by atoms with van der Waals surface area (Å²) in [6.45, 7) is 4.89. The molecule has 0 aromatic carbocycles. The molecular weight excluding hydrogens is 923 g/mol. The summed E-state index contributed by atoms with van der Waals surface area (Å²) in [5.74, 6) is -0.0683. The van der Waals surface area contributed by atoms with Crippen molar-refractivity contribution in [3.05, 3.63) is 48.6 Å². The van der Waals surface area contributed by atoms with Crippen LogP contribution in [0.1, 0.15) is 354 Å². The molecule has 440 valence electrons. The molecule has 0 aliphatic heterocycles. The van der Waals surface area contributed by atoms with Crippen LogP contribution in [0.2, 0.25) is 0 Å². The molecule has 0 bridgehead atoms. The third kappa shape index (κ3) is 60.9. The van der Waals surface area contributed by atoms with Crippen LogP contribution in [0.25, 0.3) is 0 Å². The monoisotopic (exact) mass is 1050 g/mol. The van der Waals surface area contributed by atoms with Crippen molar-refractivity contribution in [1.82, 2.24) is 5.32 Å². The number of hydrogen-bond donors (Lipinski definition) is 3. The highest BCUT2D eigenvalue weighted by Crippen LogP contribution is 2.17. The van der Waals surface area contributed by atoms with E-state index in [0.29, 0.717) is 19.4 Å². The molecule has 1 amide bonds. The Bertz CT molecular complexity index is 1260. The lowest BCUT2D eigenvalue weighted by Crippen LogP contribution is -2.45. The molecule has 6 nitrogen and oxygen atoms in total. The SMILES string of the molecule is CCCCC/C=C\C/C=C\CCCCCCCC(=O)OCCCCCCCCCCCCCC/C=C\CCCCCCCCCCCCC(=O)NC(CO)C(O)/C=C/CCCCCCCCCCCCCCCCC. The van der Waals surface area contributed by atoms with E-state index in [9.17, 15) is 19.8 Å². The average molecular weight is 1050 g/mol. The molecule has 0 heterocycles. The van der Waals surface area contributed by atoms with Gasteiger partial charge in [0.15, 0.2) is 0 Å². The molecule has 0 radical (unpaired) electrons. The zero-order valence-corrected chi connectivity index (χ0v) is 50.3. The van der Waals surface area contributed by atoms with E-state index in [1.165, 1.54) is 276 Å². The lowest BCUT2D eigenvalue weighted by atomic mass is 10.0. The van der Waals surface area contributed by atoms with E-state index in [4.69, 9.17) is 4.74 Å². The van der Waals surface area contributed by atoms with Crippen molar-refractivity contribution in [2.75, 3.05) is 13.2 Å². The van der Waals surface area contributed by atoms with Crippen molar-refractivity contribution in [1.29, 1.82) is 0 Å². The molecule has 2 atom stereocenters. The number of amides is 1. The summed E-state index contributed by atoms with van der Waals surface area (Å²) in [5.41, 5.74) is 0. The van der Waals surface area contributed by atoms with Crippen LogP contribution in [0, 0.1) is 0 Å². The van der Waals surface area contributed by atoms with Gasteiger partial charge in [0.1, 0.15) is 0 Å². The van der Waals surface area contributed by atoms with Gasteiger partial charge in [-0.1, -0.05) is 300 Å². The summed E-state index contributed by atoms with van der Waals surface area (Å²) < 4.78 is 5.48. The van der Waals surface area contributed by atoms with Gasteiger partial charge in [-0.05, 0) is 89.9 Å². The van der Waals surface area contributed by atoms with Crippen molar-refractivity contribution in [2.24, 2.45) is 0 Å². The summed E-state index contributed by atoms with van der Waals surface area (Å²) >= 11 is 0. The maximum atomic E-state index is 12.5. The molecule has 0 saturated carbocycles. The van der Waals surface area contributed by atoms with Gasteiger partial charge in [0.25, 0.3) is 0 Å². The highest BCUT2D eigenvalue weighted by Gasteiger charge is 2.18. The van der Waals surface area contributed by atoms with Crippen LogP contribution in [-0.4, -0.2) is 47.4 Å². The highest BCUT2D eigenvalue weighted by molar-refractivity contribution is 5.76. The van der Waals surface area contributed by atoms with Crippen LogP contribution in [0.4, 0.5) is 0 Å². The van der Waals surface area contributed by atoms with Gasteiger partial charge in [-0.25, -0.2) is 0 Å². The first-order chi connectivity index (χ1) is 37.0. The Morgan fingerprint density at radius 2 is 0.667 bits per heavy atom. The van der Waals surface area contributed by atoms with Crippen molar-refractivity contribution >= 4 is 11.9 Å². The molecule has 0 aromatic rings. The summed E-state index contributed by atoms with van der Waals surface area (Å²) in [7, 11) is 0. The molecule has 0 saturated heterocycles. The standard InChI is InChI=1S/C69H129NO5/c1-3-5-7-9-11-13-15-17-19-30-34-37-41-45-49-53-57-61-67(72)66(65-71)70-68(73)62-58-54-50-46-42-38-35-31-28-26-24-22-20-21-23-25-27-29-32-36-40-44-48-52-56-60-64-75-69(74)63-59-55-51-47-43-39-33-18-16-14-12-10-8-6-4-2/h12,14,18,20,22,33,57,61,66-67,71-72H,3-11,13,15-17,19,21,23-32,34-56,58-60,62-65H2,1-2H3,(H,70,73)/b14-12-,22-20-,33-18-,61-57+. The van der Waals surface area contributed by atoms with Crippen LogP contribution in [0.5, 0.6) is 0 Å². The Kier molecular flexibility index (Phi) is 62.5. The number of esters is 1. The topological polar surface area (TPSA) is 95.9 Å². The molecule has 0 aromatic heterocycles. The Labute approximate surface area is 467 Å². The van der Waals surface area contributed by atoms with E-state index in [0.717, 1.165) is 51.4 Å². The van der Waals surface area contributed by atoms with Crippen LogP contribution in [0.15, 0.2) is 48.6 Å². The van der Waals surface area contributed by atoms with E-state index in [1.807, 2.05) is 6.08 Å². The van der Waals surface area contributed by atoms with Crippen LogP contribution in [-0.2, 0) is 14.3 Å². The molecule has 0 fully saturated rings. The number of rotatable bonds is 62. The quantitative estimate of drug-likeness (QED) is 0.0320. The molecule has 2 unspecified atom stereocenters. The normalized spacial score (nSPS) is 12.9. The van der Waals surface area contributed by atoms with Crippen molar-refractivity contribution in [3.8, 4) is 0 Å². The lowest BCUT2D eigenvalue weighted by molar-refractivity contribution is -0.143. The fraction of sp³-hybridized carbons (Fsp3) is 0.855. The zero-order valence-electron chi connectivity index (χ0n) is 50.3. The second kappa shape index (κ2) is 64.3. The first kappa shape index (κ1) is 72.8. The summed E-state index contributed by atoms with van der Waals surface area (Å²) in [5, 5.41) is 23.2. The van der Waals surface area contributed by atoms with E-state index < -0.39 is 12.1 Å². The Balaban J connectivity index is 3.42. The Morgan fingerprint density at radius 3 is 1.05 bits per heavy atom. The van der Waals surface area contributed by atoms with E-state index >= 15 is 0 Å². The first-order valence-electron chi connectivity index (χ1n) is 33.4. The fourth-order valence-electron chi connectivity index (χ4n) is 10.2. The van der Waals surface area contributed by atoms with Crippen LogP contribution in [0.3, 0.4) is 0 Å². The second-order valence-electron chi connectivity index (χ2n) is 22.8. The maximum absolute atomic E-state index is 12.5. The molecule has 0 aliphatic carbocycles. The highest BCUT2D eigenvalue weighted by atomic mass is 16.5. The average Bonchev–Trinajstić information content (AvgIpc) is 3.41. The first-order valence-corrected chi connectivity index (χ1v) is 33.4. The second-order valence-corrected chi connectivity index (χ2v) is 22.8. The number of nitrogens with one attached hydrogen (secondary N) is 1. The summed E-state index contributed by atoms with van der Waals surface area (Å²) in [6.07, 6.45) is 83.1. The minimum Gasteiger partial charge on any atom is -0.466 e. The minimum absolute atomic E-state index is 0.000195. The minimum atomic E-state index is -0.847. The number of carbonyl (C=O) groups excluding carboxylic acids is 2. The number of allylic oxidation sites excluding steroid dienone is 7. The number of hydrogen-bond acceptors (Lipinski definition) is 5. The van der Waals surface area contributed by atoms with Gasteiger partial charge in [-0.3, -0.25) is 9.59 Å². The molecule has 3 N–H and O–H groups in total. The summed E-state index contributed by atoms with van der Waals surface area (Å²) in [6, 6.07) is -0.630. The van der Waals surface area contributed by atoms with E-state index in [1.54, 1.807) is 6.08 Å². The number of aliphatic hydroxyl groups excluding tert-OH is 2. The largest absolute Gasteiger partial charge is 0.466 e. The number of carbonyl (C=O) groups is 2. The molecule has 6 heteroatoms. The Hall–Kier alpha value is -2.18. The Morgan fingerprint density at radius 1 is 0.373 bits per heavy atom. The van der Waals surface area contributed by atoms with Crippen molar-refractivity contribution < 1.29 is 24.5 Å². The van der Waals surface area contributed by atoms with Crippen molar-refractivity contribution in [3.63, 3.8) is 0 Å². The molecule has 0 spiro atoms. The van der Waals surface area contributed by atoms with E-state index in [2.05, 4.69) is 55.6 Å². The molecule has 0 rings (SSSR count). The maximum Gasteiger partial charge on any atom is 0.305 e.